The van der Waals surface area contributed by atoms with Crippen LogP contribution in [-0.2, 0) is 62.7 Å². The largest absolute Gasteiger partial charge is 0.481 e. The molecule has 27 heteroatoms. The zero-order valence-electron chi connectivity index (χ0n) is 41.1. The van der Waals surface area contributed by atoms with E-state index in [0.29, 0.717) is 47.7 Å². The number of hydrogen-bond acceptors (Lipinski definition) is 18. The molecule has 27 nitrogen and oxygen atoms in total. The number of pyridine rings is 1. The van der Waals surface area contributed by atoms with E-state index in [1.54, 1.807) is 60.7 Å². The lowest BCUT2D eigenvalue weighted by Gasteiger charge is -2.26. The van der Waals surface area contributed by atoms with Crippen LogP contribution in [0.4, 0.5) is 0 Å². The molecule has 7 atom stereocenters. The number of aliphatic carboxylic acids is 2. The highest BCUT2D eigenvalue weighted by Gasteiger charge is 2.32. The Labute approximate surface area is 429 Å². The van der Waals surface area contributed by atoms with Gasteiger partial charge in [0.05, 0.1) is 61.0 Å². The second kappa shape index (κ2) is 30.0. The minimum Gasteiger partial charge on any atom is -0.481 e. The summed E-state index contributed by atoms with van der Waals surface area (Å²) in [5, 5.41) is 55.9. The van der Waals surface area contributed by atoms with E-state index >= 15 is 0 Å². The van der Waals surface area contributed by atoms with Crippen LogP contribution in [0, 0.1) is 0 Å². The first kappa shape index (κ1) is 59.2. The molecule has 0 fully saturated rings. The van der Waals surface area contributed by atoms with Crippen LogP contribution in [0.25, 0.3) is 22.8 Å². The molecule has 0 aliphatic heterocycles. The molecule has 15 N–H and O–H groups in total. The molecule has 7 amide bonds. The first-order valence-electron chi connectivity index (χ1n) is 23.7. The first-order chi connectivity index (χ1) is 35.7. The van der Waals surface area contributed by atoms with Gasteiger partial charge in [0.2, 0.25) is 41.4 Å². The van der Waals surface area contributed by atoms with Crippen molar-refractivity contribution in [1.29, 1.82) is 0 Å². The quantitative estimate of drug-likeness (QED) is 0.0233. The lowest BCUT2D eigenvalue weighted by atomic mass is 10.0. The monoisotopic (exact) mass is 1040 g/mol. The van der Waals surface area contributed by atoms with Gasteiger partial charge in [-0.05, 0) is 69.5 Å². The Morgan fingerprint density at radius 2 is 1.16 bits per heavy atom. The third-order valence-corrected chi connectivity index (χ3v) is 11.0. The number of carbonyl (C=O) groups excluding carboxylic acids is 7. The molecule has 4 rings (SSSR count). The first-order valence-corrected chi connectivity index (χ1v) is 23.7. The molecule has 0 aliphatic carbocycles. The third kappa shape index (κ3) is 20.2. The van der Waals surface area contributed by atoms with Crippen LogP contribution in [-0.4, -0.2) is 154 Å². The summed E-state index contributed by atoms with van der Waals surface area (Å²) in [6.45, 7) is 1.87. The highest BCUT2D eigenvalue weighted by molar-refractivity contribution is 5.95. The average molecular weight is 1040 g/mol. The zero-order valence-corrected chi connectivity index (χ0v) is 41.1. The summed E-state index contributed by atoms with van der Waals surface area (Å²) in [4.78, 5) is 135. The molecular weight excluding hydrogens is 981 g/mol. The minimum atomic E-state index is -1.62. The highest BCUT2D eigenvalue weighted by Crippen LogP contribution is 2.20. The van der Waals surface area contributed by atoms with E-state index in [9.17, 15) is 63.6 Å². The van der Waals surface area contributed by atoms with Crippen molar-refractivity contribution in [3.05, 3.63) is 90.3 Å². The second-order valence-corrected chi connectivity index (χ2v) is 17.0. The smallest absolute Gasteiger partial charge is 0.326 e. The van der Waals surface area contributed by atoms with Crippen molar-refractivity contribution in [2.24, 2.45) is 11.5 Å². The summed E-state index contributed by atoms with van der Waals surface area (Å²) in [7, 11) is 0. The maximum absolute atomic E-state index is 13.5. The van der Waals surface area contributed by atoms with Crippen LogP contribution in [0.15, 0.2) is 73.1 Å². The summed E-state index contributed by atoms with van der Waals surface area (Å²) in [5.74, 6) is -8.10. The van der Waals surface area contributed by atoms with Crippen molar-refractivity contribution in [3.63, 3.8) is 0 Å². The average Bonchev–Trinajstić information content (AvgIpc) is 3.39. The Balaban J connectivity index is 1.31. The fourth-order valence-electron chi connectivity index (χ4n) is 6.88. The van der Waals surface area contributed by atoms with Gasteiger partial charge in [-0.1, -0.05) is 36.4 Å². The van der Waals surface area contributed by atoms with Gasteiger partial charge in [-0.3, -0.25) is 38.4 Å². The number of carboxylic acid groups (broad SMARTS) is 2. The second-order valence-electron chi connectivity index (χ2n) is 17.0. The minimum absolute atomic E-state index is 0.00907. The Bertz CT molecular complexity index is 2620. The summed E-state index contributed by atoms with van der Waals surface area (Å²) in [5.41, 5.74) is 13.4. The molecule has 402 valence electrons. The van der Waals surface area contributed by atoms with Gasteiger partial charge in [0, 0.05) is 31.7 Å². The van der Waals surface area contributed by atoms with Crippen LogP contribution in [0.1, 0.15) is 69.6 Å². The van der Waals surface area contributed by atoms with Gasteiger partial charge >= 0.3 is 11.9 Å². The van der Waals surface area contributed by atoms with E-state index < -0.39 is 115 Å². The third-order valence-electron chi connectivity index (χ3n) is 11.0. The van der Waals surface area contributed by atoms with Crippen molar-refractivity contribution < 1.29 is 63.6 Å². The summed E-state index contributed by atoms with van der Waals surface area (Å²) in [6, 6.07) is 10.0. The molecule has 1 aromatic carbocycles. The molecule has 3 aromatic heterocycles. The maximum Gasteiger partial charge on any atom is 0.326 e. The van der Waals surface area contributed by atoms with Crippen LogP contribution in [0.2, 0.25) is 0 Å². The van der Waals surface area contributed by atoms with E-state index in [0.717, 1.165) is 0 Å². The Kier molecular flexibility index (Phi) is 23.6. The molecule has 0 bridgehead atoms. The lowest BCUT2D eigenvalue weighted by molar-refractivity contribution is -0.142. The van der Waals surface area contributed by atoms with Gasteiger partial charge in [-0.15, -0.1) is 0 Å². The van der Waals surface area contributed by atoms with E-state index in [4.69, 9.17) is 11.5 Å². The fraction of sp³-hybridized carbons (Fsp3) is 0.417. The number of carbonyl (C=O) groups is 9. The number of amides is 7. The molecule has 3 heterocycles. The van der Waals surface area contributed by atoms with Gasteiger partial charge in [-0.25, -0.2) is 29.7 Å². The molecular formula is C48H62N14O13. The molecule has 0 radical (unpaired) electrons. The number of benzene rings is 1. The van der Waals surface area contributed by atoms with Crippen molar-refractivity contribution in [3.8, 4) is 22.8 Å². The molecule has 75 heavy (non-hydrogen) atoms. The number of nitrogens with one attached hydrogen (secondary N) is 7. The van der Waals surface area contributed by atoms with E-state index in [2.05, 4.69) is 62.1 Å². The van der Waals surface area contributed by atoms with Crippen molar-refractivity contribution in [2.45, 2.75) is 114 Å². The van der Waals surface area contributed by atoms with Gasteiger partial charge in [0.25, 0.3) is 0 Å². The van der Waals surface area contributed by atoms with Crippen molar-refractivity contribution >= 4 is 53.3 Å². The number of aliphatic hydroxyl groups excluding tert-OH is 2. The van der Waals surface area contributed by atoms with Gasteiger partial charge in [0.15, 0.2) is 0 Å². The van der Waals surface area contributed by atoms with Crippen molar-refractivity contribution in [2.75, 3.05) is 13.1 Å². The van der Waals surface area contributed by atoms with Gasteiger partial charge in [-0.2, -0.15) is 0 Å². The number of nitrogens with zero attached hydrogens (tertiary/aromatic N) is 5. The van der Waals surface area contributed by atoms with Crippen LogP contribution < -0.4 is 48.7 Å². The molecule has 0 spiro atoms. The number of aliphatic hydroxyl groups is 2. The number of rotatable bonds is 30. The Hall–Kier alpha value is -8.40. The van der Waals surface area contributed by atoms with Crippen molar-refractivity contribution in [1.82, 2.24) is 62.1 Å². The highest BCUT2D eigenvalue weighted by atomic mass is 16.4. The number of aromatic nitrogens is 5. The number of carboxylic acids is 2. The SMILES string of the molecule is C[C@@H](O)[C@H](N)C(=O)N[C@@H](Cc1ccccc1)C(=O)N[C@H](C(=O)NCc1nccc(-c2cccc(-c3ccnc(CNC(=O)CCC(=O)N[C@@H](CC(=O)O)C(=O)NCC(=O)N[C@@H](CCCCN)C(=O)O)n3)n2)n1)[C@@H](C)O. The predicted octanol–water partition coefficient (Wildman–Crippen LogP) is -2.92. The predicted molar refractivity (Wildman–Crippen MR) is 264 cm³/mol. The Morgan fingerprint density at radius 1 is 0.573 bits per heavy atom. The summed E-state index contributed by atoms with van der Waals surface area (Å²) < 4.78 is 0. The molecule has 0 saturated carbocycles. The fourth-order valence-corrected chi connectivity index (χ4v) is 6.88. The summed E-state index contributed by atoms with van der Waals surface area (Å²) in [6.07, 6.45) is -0.308. The standard InChI is InChI=1S/C48H62N14O13/c1-26(63)42(50)46(72)61-34(21-28-9-4-3-5-10-28)45(71)62-43(27(2)64)47(73)54-24-37-52-20-17-32(58-37)30-13-8-12-29(56-30)31-16-19-51-36(57-31)23-53-38(65)14-15-39(66)60-35(22-41(68)69)44(70)55-25-40(67)59-33(48(74)75)11-6-7-18-49/h3-5,8-10,12-13,16-17,19-20,26-27,33-35,42-43,63-64H,6-7,11,14-15,18,21-25,49-50H2,1-2H3,(H,53,65)(H,54,73)(H,55,70)(H,59,67)(H,60,66)(H,61,72)(H,62,71)(H,68,69)(H,74,75)/t26-,27-,33+,34+,35+,42+,43+/m1/s1. The Morgan fingerprint density at radius 3 is 1.73 bits per heavy atom. The van der Waals surface area contributed by atoms with E-state index in [1.807, 2.05) is 0 Å². The molecule has 0 saturated heterocycles. The number of hydrogen-bond donors (Lipinski definition) is 13. The van der Waals surface area contributed by atoms with E-state index in [1.165, 1.54) is 26.2 Å². The molecule has 0 aliphatic rings. The lowest BCUT2D eigenvalue weighted by Crippen LogP contribution is -2.59. The van der Waals surface area contributed by atoms with Crippen LogP contribution >= 0.6 is 0 Å². The maximum atomic E-state index is 13.5. The van der Waals surface area contributed by atoms with Crippen LogP contribution in [0.3, 0.4) is 0 Å². The normalized spacial score (nSPS) is 13.7. The number of unbranched alkanes of at least 4 members (excludes halogenated alkanes) is 1. The zero-order chi connectivity index (χ0) is 55.0. The topological polar surface area (TPSA) is 435 Å². The molecule has 0 unspecified atom stereocenters. The molecule has 4 aromatic rings. The summed E-state index contributed by atoms with van der Waals surface area (Å²) >= 11 is 0. The number of nitrogens with two attached hydrogens (primary N) is 2. The van der Waals surface area contributed by atoms with Gasteiger partial charge < -0.3 is 69.1 Å². The van der Waals surface area contributed by atoms with Crippen LogP contribution in [0.5, 0.6) is 0 Å². The van der Waals surface area contributed by atoms with E-state index in [-0.39, 0.29) is 44.0 Å². The van der Waals surface area contributed by atoms with Gasteiger partial charge in [0.1, 0.15) is 41.9 Å².